The highest BCUT2D eigenvalue weighted by atomic mass is 16.5. The van der Waals surface area contributed by atoms with Gasteiger partial charge in [-0.2, -0.15) is 0 Å². The number of methoxy groups -OCH3 is 1. The largest absolute Gasteiger partial charge is 0.507 e. The van der Waals surface area contributed by atoms with Crippen LogP contribution in [-0.2, 0) is 14.3 Å². The van der Waals surface area contributed by atoms with E-state index >= 15 is 0 Å². The number of carbonyl (C=O) groups excluding carboxylic acids is 3. The quantitative estimate of drug-likeness (QED) is 0.460. The lowest BCUT2D eigenvalue weighted by Gasteiger charge is -2.28. The summed E-state index contributed by atoms with van der Waals surface area (Å²) in [5.74, 6) is -0.799. The predicted molar refractivity (Wildman–Crippen MR) is 130 cm³/mol. The van der Waals surface area contributed by atoms with E-state index in [0.29, 0.717) is 55.4 Å². The summed E-state index contributed by atoms with van der Waals surface area (Å²) in [5, 5.41) is 11.4. The number of rotatable bonds is 2. The molecule has 2 heterocycles. The lowest BCUT2D eigenvalue weighted by atomic mass is 9.83. The van der Waals surface area contributed by atoms with E-state index in [1.54, 1.807) is 38.3 Å². The summed E-state index contributed by atoms with van der Waals surface area (Å²) < 4.78 is 16.5. The van der Waals surface area contributed by atoms with Crippen molar-refractivity contribution in [2.24, 2.45) is 0 Å². The lowest BCUT2D eigenvalue weighted by molar-refractivity contribution is -0.135. The molecule has 7 heteroatoms. The number of hydrogen-bond acceptors (Lipinski definition) is 7. The van der Waals surface area contributed by atoms with Gasteiger partial charge >= 0.3 is 11.9 Å². The van der Waals surface area contributed by atoms with Gasteiger partial charge in [0.05, 0.1) is 19.6 Å². The average molecular weight is 479 g/mol. The van der Waals surface area contributed by atoms with Crippen LogP contribution >= 0.6 is 0 Å². The number of allylic oxidation sites excluding steroid dienone is 1. The van der Waals surface area contributed by atoms with Crippen molar-refractivity contribution in [3.8, 4) is 17.2 Å². The van der Waals surface area contributed by atoms with Crippen molar-refractivity contribution in [3.05, 3.63) is 58.7 Å². The standard InChI is InChI=1S/C28H30O7/c1-17-8-6-12-20(29)11-5-3-4-9-19-15-23-26(27(31)25(19)28(32)34-17)22(16-24(30)35-23)18-10-7-13-21(14-18)33-2/h4,7,9-10,13-15,17,22,31H,3,5-6,8,11-12,16H2,1-2H3/b9-4+/t17-,22?/m0/s1. The monoisotopic (exact) mass is 478 g/mol. The van der Waals surface area contributed by atoms with Crippen LogP contribution in [0.5, 0.6) is 17.2 Å². The highest BCUT2D eigenvalue weighted by molar-refractivity contribution is 5.98. The van der Waals surface area contributed by atoms with Crippen molar-refractivity contribution in [2.45, 2.75) is 63.9 Å². The molecule has 4 rings (SSSR count). The Morgan fingerprint density at radius 3 is 2.69 bits per heavy atom. The number of Topliss-reactive ketones (excluding diaryl/α,β-unsaturated/α-hetero) is 1. The number of esters is 2. The third-order valence-corrected chi connectivity index (χ3v) is 6.47. The average Bonchev–Trinajstić information content (AvgIpc) is 2.82. The first-order valence-corrected chi connectivity index (χ1v) is 12.0. The van der Waals surface area contributed by atoms with Crippen LogP contribution in [0.1, 0.15) is 84.8 Å². The maximum Gasteiger partial charge on any atom is 0.342 e. The van der Waals surface area contributed by atoms with Gasteiger partial charge in [0, 0.05) is 24.3 Å². The second kappa shape index (κ2) is 10.8. The van der Waals surface area contributed by atoms with Gasteiger partial charge in [-0.05, 0) is 61.9 Å². The summed E-state index contributed by atoms with van der Waals surface area (Å²) >= 11 is 0. The van der Waals surface area contributed by atoms with Gasteiger partial charge < -0.3 is 19.3 Å². The molecular formula is C28H30O7. The number of cyclic esters (lactones) is 1. The number of ether oxygens (including phenoxy) is 3. The van der Waals surface area contributed by atoms with Gasteiger partial charge in [-0.15, -0.1) is 0 Å². The van der Waals surface area contributed by atoms with Gasteiger partial charge in [-0.1, -0.05) is 24.3 Å². The van der Waals surface area contributed by atoms with Gasteiger partial charge in [0.2, 0.25) is 0 Å². The van der Waals surface area contributed by atoms with Crippen molar-refractivity contribution in [2.75, 3.05) is 7.11 Å². The molecule has 0 aliphatic carbocycles. The Bertz CT molecular complexity index is 1160. The zero-order valence-electron chi connectivity index (χ0n) is 20.0. The van der Waals surface area contributed by atoms with Crippen LogP contribution < -0.4 is 9.47 Å². The van der Waals surface area contributed by atoms with E-state index < -0.39 is 24.0 Å². The highest BCUT2D eigenvalue weighted by Crippen LogP contribution is 2.47. The summed E-state index contributed by atoms with van der Waals surface area (Å²) in [4.78, 5) is 37.8. The second-order valence-electron chi connectivity index (χ2n) is 9.05. The molecule has 2 aromatic rings. The molecule has 2 aromatic carbocycles. The SMILES string of the molecule is COc1cccc(C2CC(=O)Oc3cc4c(c(O)c32)C(=O)O[C@@H](C)CCCC(=O)CCC/C=C/4)c1. The molecule has 0 spiro atoms. The van der Waals surface area contributed by atoms with Crippen LogP contribution in [0.3, 0.4) is 0 Å². The lowest BCUT2D eigenvalue weighted by Crippen LogP contribution is -2.23. The molecule has 1 N–H and O–H groups in total. The van der Waals surface area contributed by atoms with Crippen molar-refractivity contribution < 1.29 is 33.7 Å². The summed E-state index contributed by atoms with van der Waals surface area (Å²) in [6.07, 6.45) is 6.66. The first-order chi connectivity index (χ1) is 16.9. The van der Waals surface area contributed by atoms with Crippen LogP contribution in [0.15, 0.2) is 36.4 Å². The molecule has 184 valence electrons. The molecule has 2 atom stereocenters. The fourth-order valence-electron chi connectivity index (χ4n) is 4.66. The highest BCUT2D eigenvalue weighted by Gasteiger charge is 2.35. The van der Waals surface area contributed by atoms with Crippen LogP contribution in [0.2, 0.25) is 0 Å². The molecule has 2 aliphatic heterocycles. The van der Waals surface area contributed by atoms with E-state index in [9.17, 15) is 19.5 Å². The molecular weight excluding hydrogens is 448 g/mol. The van der Waals surface area contributed by atoms with Crippen LogP contribution in [-0.4, -0.2) is 36.0 Å². The molecule has 0 aromatic heterocycles. The van der Waals surface area contributed by atoms with E-state index in [1.807, 2.05) is 18.2 Å². The second-order valence-corrected chi connectivity index (χ2v) is 9.05. The Kier molecular flexibility index (Phi) is 7.54. The summed E-state index contributed by atoms with van der Waals surface area (Å²) in [5.41, 5.74) is 1.59. The fraction of sp³-hybridized carbons (Fsp3) is 0.393. The number of phenolic OH excluding ortho intramolecular Hbond substituents is 1. The molecule has 0 saturated carbocycles. The molecule has 7 nitrogen and oxygen atoms in total. The van der Waals surface area contributed by atoms with E-state index in [2.05, 4.69) is 0 Å². The normalized spacial score (nSPS) is 22.2. The van der Waals surface area contributed by atoms with Gasteiger partial charge in [0.1, 0.15) is 28.6 Å². The molecule has 35 heavy (non-hydrogen) atoms. The number of benzene rings is 2. The number of fused-ring (bicyclic) bond motifs is 2. The van der Waals surface area contributed by atoms with Crippen LogP contribution in [0.4, 0.5) is 0 Å². The molecule has 0 radical (unpaired) electrons. The minimum absolute atomic E-state index is 0.0157. The third-order valence-electron chi connectivity index (χ3n) is 6.47. The van der Waals surface area contributed by atoms with Crippen molar-refractivity contribution in [1.82, 2.24) is 0 Å². The van der Waals surface area contributed by atoms with Crippen molar-refractivity contribution in [3.63, 3.8) is 0 Å². The molecule has 2 aliphatic rings. The summed E-state index contributed by atoms with van der Waals surface area (Å²) in [6, 6.07) is 8.87. The molecule has 0 saturated heterocycles. The topological polar surface area (TPSA) is 99.1 Å². The fourth-order valence-corrected chi connectivity index (χ4v) is 4.66. The van der Waals surface area contributed by atoms with Crippen molar-refractivity contribution >= 4 is 23.8 Å². The smallest absolute Gasteiger partial charge is 0.342 e. The van der Waals surface area contributed by atoms with E-state index in [4.69, 9.17) is 14.2 Å². The Hall–Kier alpha value is -3.61. The minimum atomic E-state index is -0.651. The van der Waals surface area contributed by atoms with Gasteiger partial charge in [0.15, 0.2) is 0 Å². The van der Waals surface area contributed by atoms with Gasteiger partial charge in [-0.3, -0.25) is 9.59 Å². The van der Waals surface area contributed by atoms with E-state index in [1.165, 1.54) is 0 Å². The summed E-state index contributed by atoms with van der Waals surface area (Å²) in [7, 11) is 1.56. The predicted octanol–water partition coefficient (Wildman–Crippen LogP) is 5.32. The van der Waals surface area contributed by atoms with Crippen molar-refractivity contribution in [1.29, 1.82) is 0 Å². The number of carbonyl (C=O) groups is 3. The van der Waals surface area contributed by atoms with Crippen LogP contribution in [0.25, 0.3) is 6.08 Å². The molecule has 1 unspecified atom stereocenters. The Morgan fingerprint density at radius 1 is 1.09 bits per heavy atom. The molecule has 0 bridgehead atoms. The molecule has 0 fully saturated rings. The Labute approximate surface area is 204 Å². The number of phenols is 1. The van der Waals surface area contributed by atoms with Crippen LogP contribution in [0, 0.1) is 0 Å². The maximum atomic E-state index is 13.3. The number of ketones is 1. The first-order valence-electron chi connectivity index (χ1n) is 12.0. The Morgan fingerprint density at radius 2 is 1.89 bits per heavy atom. The maximum absolute atomic E-state index is 13.3. The summed E-state index contributed by atoms with van der Waals surface area (Å²) in [6.45, 7) is 1.78. The minimum Gasteiger partial charge on any atom is -0.507 e. The number of aromatic hydroxyl groups is 1. The Balaban J connectivity index is 1.81. The van der Waals surface area contributed by atoms with Gasteiger partial charge in [-0.25, -0.2) is 4.79 Å². The van der Waals surface area contributed by atoms with E-state index in [-0.39, 0.29) is 29.3 Å². The third kappa shape index (κ3) is 5.56. The zero-order chi connectivity index (χ0) is 24.9. The van der Waals surface area contributed by atoms with Gasteiger partial charge in [0.25, 0.3) is 0 Å². The van der Waals surface area contributed by atoms with E-state index in [0.717, 1.165) is 5.56 Å². The number of hydrogen-bond donors (Lipinski definition) is 1. The molecule has 0 amide bonds. The first kappa shape index (κ1) is 24.5. The zero-order valence-corrected chi connectivity index (χ0v) is 20.0.